The Hall–Kier alpha value is -1.27. The number of hydrogen-bond acceptors (Lipinski definition) is 1. The third-order valence-corrected chi connectivity index (χ3v) is 3.16. The topological polar surface area (TPSA) is 29.1 Å². The lowest BCUT2D eigenvalue weighted by molar-refractivity contribution is 0.102. The zero-order chi connectivity index (χ0) is 14.0. The van der Waals surface area contributed by atoms with Gasteiger partial charge in [0.2, 0.25) is 0 Å². The highest BCUT2D eigenvalue weighted by Crippen LogP contribution is 2.21. The molecule has 19 heavy (non-hydrogen) atoms. The van der Waals surface area contributed by atoms with E-state index in [0.29, 0.717) is 5.56 Å². The van der Waals surface area contributed by atoms with Crippen molar-refractivity contribution in [3.63, 3.8) is 0 Å². The second kappa shape index (κ2) is 5.79. The van der Waals surface area contributed by atoms with Crippen molar-refractivity contribution in [1.82, 2.24) is 0 Å². The molecule has 0 aliphatic carbocycles. The Morgan fingerprint density at radius 2 is 1.42 bits per heavy atom. The Morgan fingerprint density at radius 1 is 0.895 bits per heavy atom. The molecule has 2 aromatic rings. The van der Waals surface area contributed by atoms with Crippen LogP contribution in [-0.4, -0.2) is 5.91 Å². The third kappa shape index (κ3) is 3.84. The number of rotatable bonds is 2. The Bertz CT molecular complexity index is 606. The number of hydrogen-bond donors (Lipinski definition) is 1. The number of benzene rings is 2. The molecular formula is C13H7Br2F2NO. The number of carbonyl (C=O) groups excluding carboxylic acids is 1. The molecule has 0 spiro atoms. The van der Waals surface area contributed by atoms with Gasteiger partial charge in [0, 0.05) is 26.3 Å². The summed E-state index contributed by atoms with van der Waals surface area (Å²) in [5.41, 5.74) is 0.435. The summed E-state index contributed by atoms with van der Waals surface area (Å²) >= 11 is 6.52. The first-order valence-corrected chi connectivity index (χ1v) is 6.76. The van der Waals surface area contributed by atoms with Crippen molar-refractivity contribution in [3.05, 3.63) is 62.5 Å². The molecule has 0 heterocycles. The van der Waals surface area contributed by atoms with Crippen molar-refractivity contribution in [2.45, 2.75) is 0 Å². The zero-order valence-electron chi connectivity index (χ0n) is 9.38. The number of carbonyl (C=O) groups is 1. The van der Waals surface area contributed by atoms with Gasteiger partial charge < -0.3 is 5.32 Å². The molecule has 0 saturated carbocycles. The minimum Gasteiger partial charge on any atom is -0.322 e. The van der Waals surface area contributed by atoms with E-state index in [0.717, 1.165) is 27.1 Å². The summed E-state index contributed by atoms with van der Waals surface area (Å²) in [5, 5.41) is 2.43. The SMILES string of the molecule is O=C(Nc1cc(F)cc(F)c1)c1cc(Br)cc(Br)c1. The first kappa shape index (κ1) is 14.1. The second-order valence-electron chi connectivity index (χ2n) is 3.77. The van der Waals surface area contributed by atoms with Crippen LogP contribution in [0.4, 0.5) is 14.5 Å². The number of halogens is 4. The van der Waals surface area contributed by atoms with E-state index >= 15 is 0 Å². The second-order valence-corrected chi connectivity index (χ2v) is 5.60. The van der Waals surface area contributed by atoms with Crippen molar-refractivity contribution < 1.29 is 13.6 Å². The molecule has 0 atom stereocenters. The molecule has 0 fully saturated rings. The predicted molar refractivity (Wildman–Crippen MR) is 76.2 cm³/mol. The summed E-state index contributed by atoms with van der Waals surface area (Å²) in [6.07, 6.45) is 0. The van der Waals surface area contributed by atoms with Gasteiger partial charge in [-0.05, 0) is 30.3 Å². The highest BCUT2D eigenvalue weighted by Gasteiger charge is 2.09. The average molecular weight is 391 g/mol. The number of nitrogens with one attached hydrogen (secondary N) is 1. The molecule has 0 aromatic heterocycles. The summed E-state index contributed by atoms with van der Waals surface area (Å²) in [6.45, 7) is 0. The van der Waals surface area contributed by atoms with Crippen molar-refractivity contribution >= 4 is 43.5 Å². The maximum Gasteiger partial charge on any atom is 0.255 e. The monoisotopic (exact) mass is 389 g/mol. The van der Waals surface area contributed by atoms with Gasteiger partial charge in [-0.2, -0.15) is 0 Å². The van der Waals surface area contributed by atoms with Crippen LogP contribution in [-0.2, 0) is 0 Å². The largest absolute Gasteiger partial charge is 0.322 e. The molecule has 6 heteroatoms. The molecule has 0 radical (unpaired) electrons. The van der Waals surface area contributed by atoms with Crippen LogP contribution in [0.3, 0.4) is 0 Å². The van der Waals surface area contributed by atoms with E-state index in [4.69, 9.17) is 0 Å². The van der Waals surface area contributed by atoms with Gasteiger partial charge >= 0.3 is 0 Å². The molecule has 2 aromatic carbocycles. The lowest BCUT2D eigenvalue weighted by Gasteiger charge is -2.06. The van der Waals surface area contributed by atoms with Gasteiger partial charge in [0.05, 0.1) is 0 Å². The van der Waals surface area contributed by atoms with Crippen LogP contribution in [0.15, 0.2) is 45.3 Å². The van der Waals surface area contributed by atoms with Crippen LogP contribution in [0, 0.1) is 11.6 Å². The number of amides is 1. The summed E-state index contributed by atoms with van der Waals surface area (Å²) in [4.78, 5) is 11.9. The van der Waals surface area contributed by atoms with Crippen molar-refractivity contribution in [2.24, 2.45) is 0 Å². The highest BCUT2D eigenvalue weighted by atomic mass is 79.9. The van der Waals surface area contributed by atoms with Gasteiger partial charge in [0.1, 0.15) is 11.6 Å². The fourth-order valence-electron chi connectivity index (χ4n) is 1.51. The van der Waals surface area contributed by atoms with Crippen LogP contribution in [0.5, 0.6) is 0 Å². The van der Waals surface area contributed by atoms with Crippen LogP contribution >= 0.6 is 31.9 Å². The number of anilines is 1. The van der Waals surface area contributed by atoms with E-state index in [1.165, 1.54) is 0 Å². The van der Waals surface area contributed by atoms with Crippen molar-refractivity contribution in [1.29, 1.82) is 0 Å². The van der Waals surface area contributed by atoms with Gasteiger partial charge in [-0.1, -0.05) is 31.9 Å². The molecule has 0 aliphatic rings. The minimum atomic E-state index is -0.745. The quantitative estimate of drug-likeness (QED) is 0.788. The fourth-order valence-corrected chi connectivity index (χ4v) is 2.81. The summed E-state index contributed by atoms with van der Waals surface area (Å²) in [7, 11) is 0. The van der Waals surface area contributed by atoms with Crippen LogP contribution < -0.4 is 5.32 Å². The fraction of sp³-hybridized carbons (Fsp3) is 0. The lowest BCUT2D eigenvalue weighted by atomic mass is 10.2. The van der Waals surface area contributed by atoms with Gasteiger partial charge in [-0.25, -0.2) is 8.78 Å². The molecule has 0 bridgehead atoms. The Labute approximate surface area is 125 Å². The molecule has 1 amide bonds. The average Bonchev–Trinajstić information content (AvgIpc) is 2.25. The lowest BCUT2D eigenvalue weighted by Crippen LogP contribution is -2.12. The van der Waals surface area contributed by atoms with Crippen molar-refractivity contribution in [2.75, 3.05) is 5.32 Å². The van der Waals surface area contributed by atoms with E-state index < -0.39 is 17.5 Å². The van der Waals surface area contributed by atoms with E-state index in [2.05, 4.69) is 37.2 Å². The molecule has 2 rings (SSSR count). The van der Waals surface area contributed by atoms with E-state index in [1.807, 2.05) is 0 Å². The van der Waals surface area contributed by atoms with Crippen molar-refractivity contribution in [3.8, 4) is 0 Å². The van der Waals surface area contributed by atoms with E-state index in [9.17, 15) is 13.6 Å². The zero-order valence-corrected chi connectivity index (χ0v) is 12.6. The molecule has 2 nitrogen and oxygen atoms in total. The minimum absolute atomic E-state index is 0.0681. The first-order valence-electron chi connectivity index (χ1n) is 5.17. The molecular weight excluding hydrogens is 384 g/mol. The van der Waals surface area contributed by atoms with Crippen LogP contribution in [0.25, 0.3) is 0 Å². The third-order valence-electron chi connectivity index (χ3n) is 2.25. The molecule has 0 aliphatic heterocycles. The summed E-state index contributed by atoms with van der Waals surface area (Å²) in [6, 6.07) is 7.83. The van der Waals surface area contributed by atoms with Gasteiger partial charge in [-0.3, -0.25) is 4.79 Å². The molecule has 0 saturated heterocycles. The predicted octanol–water partition coefficient (Wildman–Crippen LogP) is 4.74. The Balaban J connectivity index is 2.25. The smallest absolute Gasteiger partial charge is 0.255 e. The van der Waals surface area contributed by atoms with Gasteiger partial charge in [-0.15, -0.1) is 0 Å². The first-order chi connectivity index (χ1) is 8.94. The Morgan fingerprint density at radius 3 is 1.95 bits per heavy atom. The molecule has 0 unspecified atom stereocenters. The van der Waals surface area contributed by atoms with E-state index in [1.54, 1.807) is 18.2 Å². The van der Waals surface area contributed by atoms with Crippen LogP contribution in [0.2, 0.25) is 0 Å². The molecule has 1 N–H and O–H groups in total. The summed E-state index contributed by atoms with van der Waals surface area (Å²) < 4.78 is 27.4. The normalized spacial score (nSPS) is 10.3. The van der Waals surface area contributed by atoms with Gasteiger partial charge in [0.15, 0.2) is 0 Å². The van der Waals surface area contributed by atoms with Gasteiger partial charge in [0.25, 0.3) is 5.91 Å². The van der Waals surface area contributed by atoms with Crippen LogP contribution in [0.1, 0.15) is 10.4 Å². The maximum atomic E-state index is 13.0. The maximum absolute atomic E-state index is 13.0. The standard InChI is InChI=1S/C13H7Br2F2NO/c14-8-1-7(2-9(15)3-8)13(19)18-12-5-10(16)4-11(17)6-12/h1-6H,(H,18,19). The Kier molecular flexibility index (Phi) is 4.31. The summed E-state index contributed by atoms with van der Waals surface area (Å²) in [5.74, 6) is -1.94. The highest BCUT2D eigenvalue weighted by molar-refractivity contribution is 9.11. The van der Waals surface area contributed by atoms with E-state index in [-0.39, 0.29) is 5.69 Å². The molecule has 98 valence electrons.